The largest absolute Gasteiger partial charge is 0.389 e. The van der Waals surface area contributed by atoms with Crippen molar-refractivity contribution >= 4 is 0 Å². The third-order valence-corrected chi connectivity index (χ3v) is 2.88. The lowest BCUT2D eigenvalue weighted by molar-refractivity contribution is 0.0138. The maximum Gasteiger partial charge on any atom is 0.0897 e. The average Bonchev–Trinajstić information content (AvgIpc) is 2.83. The summed E-state index contributed by atoms with van der Waals surface area (Å²) >= 11 is 0. The van der Waals surface area contributed by atoms with Crippen LogP contribution < -0.4 is 5.32 Å². The van der Waals surface area contributed by atoms with Crippen molar-refractivity contribution in [1.29, 1.82) is 0 Å². The third kappa shape index (κ3) is 7.68. The first-order valence-electron chi connectivity index (χ1n) is 6.36. The predicted octanol–water partition coefficient (Wildman–Crippen LogP) is 0.0265. The van der Waals surface area contributed by atoms with Crippen LogP contribution in [0.3, 0.4) is 0 Å². The smallest absolute Gasteiger partial charge is 0.0897 e. The van der Waals surface area contributed by atoms with E-state index in [0.29, 0.717) is 32.3 Å². The second-order valence-electron chi connectivity index (χ2n) is 4.44. The van der Waals surface area contributed by atoms with Gasteiger partial charge in [-0.1, -0.05) is 0 Å². The van der Waals surface area contributed by atoms with E-state index in [-0.39, 0.29) is 0 Å². The molecule has 1 saturated heterocycles. The molecular weight excluding hydrogens is 222 g/mol. The predicted molar refractivity (Wildman–Crippen MR) is 65.1 cm³/mol. The lowest BCUT2D eigenvalue weighted by Gasteiger charge is -2.13. The zero-order chi connectivity index (χ0) is 12.3. The summed E-state index contributed by atoms with van der Waals surface area (Å²) in [4.78, 5) is 0. The standard InChI is InChI=1S/C12H25NO4/c1-15-6-7-17-10-12(14)8-13-4-2-11-3-5-16-9-11/h11-14H,2-10H2,1H3. The van der Waals surface area contributed by atoms with Crippen LogP contribution in [-0.4, -0.2) is 64.4 Å². The van der Waals surface area contributed by atoms with Crippen molar-refractivity contribution < 1.29 is 19.3 Å². The molecule has 5 nitrogen and oxygen atoms in total. The SMILES string of the molecule is COCCOCC(O)CNCCC1CCOC1. The van der Waals surface area contributed by atoms with E-state index < -0.39 is 6.10 Å². The minimum absolute atomic E-state index is 0.364. The molecular formula is C12H25NO4. The summed E-state index contributed by atoms with van der Waals surface area (Å²) in [6.07, 6.45) is 1.86. The summed E-state index contributed by atoms with van der Waals surface area (Å²) in [6.45, 7) is 4.78. The molecule has 2 unspecified atom stereocenters. The number of nitrogens with one attached hydrogen (secondary N) is 1. The van der Waals surface area contributed by atoms with Gasteiger partial charge in [0.05, 0.1) is 25.9 Å². The fraction of sp³-hybridized carbons (Fsp3) is 1.00. The van der Waals surface area contributed by atoms with Gasteiger partial charge in [0.1, 0.15) is 0 Å². The lowest BCUT2D eigenvalue weighted by atomic mass is 10.1. The van der Waals surface area contributed by atoms with Crippen molar-refractivity contribution in [1.82, 2.24) is 5.32 Å². The summed E-state index contributed by atoms with van der Waals surface area (Å²) in [5.74, 6) is 0.692. The van der Waals surface area contributed by atoms with E-state index in [1.54, 1.807) is 7.11 Å². The highest BCUT2D eigenvalue weighted by molar-refractivity contribution is 4.66. The monoisotopic (exact) mass is 247 g/mol. The number of hydrogen-bond donors (Lipinski definition) is 2. The van der Waals surface area contributed by atoms with Crippen LogP contribution in [-0.2, 0) is 14.2 Å². The van der Waals surface area contributed by atoms with Gasteiger partial charge in [0.15, 0.2) is 0 Å². The van der Waals surface area contributed by atoms with Crippen LogP contribution in [0.5, 0.6) is 0 Å². The van der Waals surface area contributed by atoms with Gasteiger partial charge in [-0.15, -0.1) is 0 Å². The Morgan fingerprint density at radius 1 is 1.47 bits per heavy atom. The topological polar surface area (TPSA) is 60.0 Å². The Morgan fingerprint density at radius 2 is 2.35 bits per heavy atom. The molecule has 5 heteroatoms. The molecule has 2 N–H and O–H groups in total. The minimum atomic E-state index is -0.438. The molecule has 0 aromatic rings. The molecule has 1 aliphatic heterocycles. The van der Waals surface area contributed by atoms with Gasteiger partial charge in [0, 0.05) is 26.9 Å². The second kappa shape index (κ2) is 9.79. The summed E-state index contributed by atoms with van der Waals surface area (Å²) in [5, 5.41) is 12.8. The van der Waals surface area contributed by atoms with Crippen LogP contribution in [0.2, 0.25) is 0 Å². The van der Waals surface area contributed by atoms with Gasteiger partial charge in [-0.2, -0.15) is 0 Å². The highest BCUT2D eigenvalue weighted by Gasteiger charge is 2.14. The Kier molecular flexibility index (Phi) is 8.56. The van der Waals surface area contributed by atoms with Crippen molar-refractivity contribution in [2.24, 2.45) is 5.92 Å². The van der Waals surface area contributed by atoms with Crippen LogP contribution >= 0.6 is 0 Å². The molecule has 1 aliphatic rings. The van der Waals surface area contributed by atoms with Gasteiger partial charge in [-0.3, -0.25) is 0 Å². The maximum atomic E-state index is 9.59. The number of rotatable bonds is 10. The maximum absolute atomic E-state index is 9.59. The number of aliphatic hydroxyl groups excluding tert-OH is 1. The van der Waals surface area contributed by atoms with Gasteiger partial charge < -0.3 is 24.6 Å². The Labute approximate surface area is 103 Å². The summed E-state index contributed by atoms with van der Waals surface area (Å²) in [5.41, 5.74) is 0. The Bertz CT molecular complexity index is 174. The van der Waals surface area contributed by atoms with Crippen LogP contribution in [0.15, 0.2) is 0 Å². The van der Waals surface area contributed by atoms with Crippen LogP contribution in [0.4, 0.5) is 0 Å². The van der Waals surface area contributed by atoms with Gasteiger partial charge in [-0.25, -0.2) is 0 Å². The summed E-state index contributed by atoms with van der Waals surface area (Å²) < 4.78 is 15.4. The average molecular weight is 247 g/mol. The van der Waals surface area contributed by atoms with Gasteiger partial charge >= 0.3 is 0 Å². The number of ether oxygens (including phenoxy) is 3. The fourth-order valence-corrected chi connectivity index (χ4v) is 1.81. The number of methoxy groups -OCH3 is 1. The Morgan fingerprint density at radius 3 is 3.06 bits per heavy atom. The van der Waals surface area contributed by atoms with Crippen molar-refractivity contribution in [3.63, 3.8) is 0 Å². The molecule has 0 aromatic heterocycles. The van der Waals surface area contributed by atoms with E-state index in [1.807, 2.05) is 0 Å². The molecule has 0 aromatic carbocycles. The van der Waals surface area contributed by atoms with Crippen LogP contribution in [0, 0.1) is 5.92 Å². The molecule has 0 amide bonds. The molecule has 0 aliphatic carbocycles. The van der Waals surface area contributed by atoms with Gasteiger partial charge in [0.2, 0.25) is 0 Å². The number of hydrogen-bond acceptors (Lipinski definition) is 5. The van der Waals surface area contributed by atoms with E-state index in [2.05, 4.69) is 5.32 Å². The van der Waals surface area contributed by atoms with Crippen molar-refractivity contribution in [3.05, 3.63) is 0 Å². The molecule has 0 spiro atoms. The highest BCUT2D eigenvalue weighted by Crippen LogP contribution is 2.14. The second-order valence-corrected chi connectivity index (χ2v) is 4.44. The highest BCUT2D eigenvalue weighted by atomic mass is 16.5. The van der Waals surface area contributed by atoms with Crippen LogP contribution in [0.1, 0.15) is 12.8 Å². The normalized spacial score (nSPS) is 21.9. The molecule has 1 rings (SSSR count). The quantitative estimate of drug-likeness (QED) is 0.533. The van der Waals surface area contributed by atoms with Crippen LogP contribution in [0.25, 0.3) is 0 Å². The van der Waals surface area contributed by atoms with E-state index in [0.717, 1.165) is 26.2 Å². The van der Waals surface area contributed by atoms with E-state index in [4.69, 9.17) is 14.2 Å². The number of aliphatic hydroxyl groups is 1. The molecule has 102 valence electrons. The molecule has 1 heterocycles. The molecule has 2 atom stereocenters. The minimum Gasteiger partial charge on any atom is -0.389 e. The van der Waals surface area contributed by atoms with Crippen molar-refractivity contribution in [2.45, 2.75) is 18.9 Å². The molecule has 0 radical (unpaired) electrons. The van der Waals surface area contributed by atoms with Crippen molar-refractivity contribution in [3.8, 4) is 0 Å². The van der Waals surface area contributed by atoms with E-state index in [1.165, 1.54) is 6.42 Å². The van der Waals surface area contributed by atoms with Gasteiger partial charge in [0.25, 0.3) is 0 Å². The molecule has 1 fully saturated rings. The van der Waals surface area contributed by atoms with E-state index in [9.17, 15) is 5.11 Å². The first-order valence-corrected chi connectivity index (χ1v) is 6.36. The third-order valence-electron chi connectivity index (χ3n) is 2.88. The first kappa shape index (κ1) is 14.9. The van der Waals surface area contributed by atoms with Gasteiger partial charge in [-0.05, 0) is 25.3 Å². The molecule has 0 bridgehead atoms. The lowest BCUT2D eigenvalue weighted by Crippen LogP contribution is -2.32. The first-order chi connectivity index (χ1) is 8.33. The zero-order valence-electron chi connectivity index (χ0n) is 10.7. The summed E-state index contributed by atoms with van der Waals surface area (Å²) in [7, 11) is 1.63. The molecule has 0 saturated carbocycles. The zero-order valence-corrected chi connectivity index (χ0v) is 10.7. The fourth-order valence-electron chi connectivity index (χ4n) is 1.81. The van der Waals surface area contributed by atoms with E-state index >= 15 is 0 Å². The Hall–Kier alpha value is -0.200. The summed E-state index contributed by atoms with van der Waals surface area (Å²) in [6, 6.07) is 0. The molecule has 17 heavy (non-hydrogen) atoms. The van der Waals surface area contributed by atoms with Crippen molar-refractivity contribution in [2.75, 3.05) is 53.2 Å². The Balaban J connectivity index is 1.84.